The Bertz CT molecular complexity index is 398. The van der Waals surface area contributed by atoms with Gasteiger partial charge in [-0.1, -0.05) is 11.6 Å². The van der Waals surface area contributed by atoms with Gasteiger partial charge in [-0.05, 0) is 0 Å². The maximum Gasteiger partial charge on any atom is 0.341 e. The molecule has 0 amide bonds. The fourth-order valence-electron chi connectivity index (χ4n) is 0.997. The maximum absolute atomic E-state index is 12.5. The molecule has 0 spiro atoms. The predicted molar refractivity (Wildman–Crippen MR) is 50.0 cm³/mol. The lowest BCUT2D eigenvalue weighted by molar-refractivity contribution is 0.0601. The number of nitrogen functional groups attached to an aromatic ring is 1. The molecule has 0 aromatic carbocycles. The minimum Gasteiger partial charge on any atom is -0.465 e. The Morgan fingerprint density at radius 2 is 2.27 bits per heavy atom. The zero-order chi connectivity index (χ0) is 11.6. The van der Waals surface area contributed by atoms with E-state index < -0.39 is 28.8 Å². The molecule has 1 aromatic rings. The van der Waals surface area contributed by atoms with E-state index in [0.717, 1.165) is 13.3 Å². The van der Waals surface area contributed by atoms with Crippen LogP contribution in [0, 0.1) is 0 Å². The van der Waals surface area contributed by atoms with Crippen molar-refractivity contribution in [1.82, 2.24) is 4.98 Å². The van der Waals surface area contributed by atoms with E-state index in [1.807, 2.05) is 0 Å². The third kappa shape index (κ3) is 2.15. The molecule has 2 N–H and O–H groups in total. The average molecular weight is 237 g/mol. The van der Waals surface area contributed by atoms with Gasteiger partial charge in [0, 0.05) is 6.20 Å². The van der Waals surface area contributed by atoms with Gasteiger partial charge in [-0.3, -0.25) is 0 Å². The minimum atomic E-state index is -2.89. The van der Waals surface area contributed by atoms with Gasteiger partial charge in [-0.25, -0.2) is 18.6 Å². The van der Waals surface area contributed by atoms with Crippen molar-refractivity contribution >= 4 is 23.3 Å². The minimum absolute atomic E-state index is 0.225. The van der Waals surface area contributed by atoms with Crippen LogP contribution in [0.1, 0.15) is 22.3 Å². The fourth-order valence-corrected chi connectivity index (χ4v) is 1.23. The number of hydrogen-bond acceptors (Lipinski definition) is 4. The van der Waals surface area contributed by atoms with Crippen LogP contribution in [-0.2, 0) is 4.74 Å². The second-order valence-electron chi connectivity index (χ2n) is 2.58. The maximum atomic E-state index is 12.5. The number of methoxy groups -OCH3 is 1. The van der Waals surface area contributed by atoms with Gasteiger partial charge in [0.15, 0.2) is 0 Å². The van der Waals surface area contributed by atoms with Crippen LogP contribution in [0.15, 0.2) is 6.20 Å². The molecule has 15 heavy (non-hydrogen) atoms. The first-order valence-electron chi connectivity index (χ1n) is 3.79. The quantitative estimate of drug-likeness (QED) is 0.630. The van der Waals surface area contributed by atoms with Crippen molar-refractivity contribution in [2.24, 2.45) is 0 Å². The number of carbonyl (C=O) groups excluding carboxylic acids is 1. The molecule has 0 fully saturated rings. The van der Waals surface area contributed by atoms with Crippen molar-refractivity contribution in [2.75, 3.05) is 12.8 Å². The summed E-state index contributed by atoms with van der Waals surface area (Å²) in [5, 5.41) is -0.421. The van der Waals surface area contributed by atoms with Crippen molar-refractivity contribution in [3.05, 3.63) is 22.5 Å². The van der Waals surface area contributed by atoms with Crippen LogP contribution in [0.3, 0.4) is 0 Å². The molecule has 0 saturated carbocycles. The van der Waals surface area contributed by atoms with Crippen molar-refractivity contribution in [3.8, 4) is 0 Å². The normalized spacial score (nSPS) is 10.5. The van der Waals surface area contributed by atoms with E-state index in [-0.39, 0.29) is 5.56 Å². The molecule has 4 nitrogen and oxygen atoms in total. The van der Waals surface area contributed by atoms with E-state index in [1.165, 1.54) is 0 Å². The Labute approximate surface area is 89.0 Å². The summed E-state index contributed by atoms with van der Waals surface area (Å²) in [6, 6.07) is 0. The highest BCUT2D eigenvalue weighted by Crippen LogP contribution is 2.32. The van der Waals surface area contributed by atoms with Gasteiger partial charge >= 0.3 is 5.97 Å². The van der Waals surface area contributed by atoms with Crippen molar-refractivity contribution in [3.63, 3.8) is 0 Å². The van der Waals surface area contributed by atoms with Gasteiger partial charge in [-0.15, -0.1) is 0 Å². The molecule has 0 bridgehead atoms. The molecule has 82 valence electrons. The summed E-state index contributed by atoms with van der Waals surface area (Å²) < 4.78 is 29.3. The molecule has 0 aliphatic heterocycles. The molecular weight excluding hydrogens is 230 g/mol. The molecule has 0 aliphatic carbocycles. The van der Waals surface area contributed by atoms with Crippen LogP contribution >= 0.6 is 11.6 Å². The van der Waals surface area contributed by atoms with E-state index in [4.69, 9.17) is 17.3 Å². The molecule has 0 radical (unpaired) electrons. The number of aromatic nitrogens is 1. The summed E-state index contributed by atoms with van der Waals surface area (Å²) in [5.41, 5.74) is 4.07. The van der Waals surface area contributed by atoms with E-state index in [0.29, 0.717) is 0 Å². The van der Waals surface area contributed by atoms with E-state index in [9.17, 15) is 13.6 Å². The van der Waals surface area contributed by atoms with Crippen LogP contribution in [0.4, 0.5) is 14.5 Å². The first kappa shape index (κ1) is 11.6. The van der Waals surface area contributed by atoms with E-state index in [1.54, 1.807) is 0 Å². The molecule has 7 heteroatoms. The molecule has 0 saturated heterocycles. The highest BCUT2D eigenvalue weighted by atomic mass is 35.5. The Morgan fingerprint density at radius 1 is 1.67 bits per heavy atom. The smallest absolute Gasteiger partial charge is 0.341 e. The predicted octanol–water partition coefficient (Wildman–Crippen LogP) is 2.04. The summed E-state index contributed by atoms with van der Waals surface area (Å²) >= 11 is 5.42. The summed E-state index contributed by atoms with van der Waals surface area (Å²) in [6.45, 7) is 0. The van der Waals surface area contributed by atoms with Crippen LogP contribution in [-0.4, -0.2) is 18.1 Å². The number of carbonyl (C=O) groups is 1. The molecule has 0 atom stereocenters. The third-order valence-electron chi connectivity index (χ3n) is 1.73. The number of hydrogen-bond donors (Lipinski definition) is 1. The number of esters is 1. The Hall–Kier alpha value is -1.43. The number of rotatable bonds is 2. The number of alkyl halides is 2. The zero-order valence-electron chi connectivity index (χ0n) is 7.63. The van der Waals surface area contributed by atoms with Crippen LogP contribution in [0.2, 0.25) is 5.15 Å². The first-order valence-corrected chi connectivity index (χ1v) is 4.17. The topological polar surface area (TPSA) is 65.2 Å². The molecule has 1 aromatic heterocycles. The van der Waals surface area contributed by atoms with Crippen LogP contribution < -0.4 is 5.73 Å². The highest BCUT2D eigenvalue weighted by Gasteiger charge is 2.22. The van der Waals surface area contributed by atoms with Crippen molar-refractivity contribution in [1.29, 1.82) is 0 Å². The van der Waals surface area contributed by atoms with Gasteiger partial charge in [0.2, 0.25) is 0 Å². The number of ether oxygens (including phenoxy) is 1. The number of nitrogens with zero attached hydrogens (tertiary/aromatic N) is 1. The molecular formula is C8H7ClF2N2O2. The van der Waals surface area contributed by atoms with Gasteiger partial charge in [0.1, 0.15) is 10.7 Å². The van der Waals surface area contributed by atoms with Gasteiger partial charge in [0.05, 0.1) is 18.4 Å². The monoisotopic (exact) mass is 236 g/mol. The van der Waals surface area contributed by atoms with Gasteiger partial charge < -0.3 is 10.5 Å². The van der Waals surface area contributed by atoms with Gasteiger partial charge in [0.25, 0.3) is 6.43 Å². The average Bonchev–Trinajstić information content (AvgIpc) is 2.16. The number of anilines is 1. The van der Waals surface area contributed by atoms with Crippen LogP contribution in [0.25, 0.3) is 0 Å². The lowest BCUT2D eigenvalue weighted by Gasteiger charge is -2.09. The van der Waals surface area contributed by atoms with Gasteiger partial charge in [-0.2, -0.15) is 0 Å². The number of pyridine rings is 1. The zero-order valence-corrected chi connectivity index (χ0v) is 8.39. The fraction of sp³-hybridized carbons (Fsp3) is 0.250. The van der Waals surface area contributed by atoms with E-state index >= 15 is 0 Å². The SMILES string of the molecule is COC(=O)c1cnc(Cl)c(C(F)F)c1N. The highest BCUT2D eigenvalue weighted by molar-refractivity contribution is 6.30. The van der Waals surface area contributed by atoms with Crippen molar-refractivity contribution in [2.45, 2.75) is 6.43 Å². The molecule has 0 unspecified atom stereocenters. The Balaban J connectivity index is 3.35. The van der Waals surface area contributed by atoms with Crippen LogP contribution in [0.5, 0.6) is 0 Å². The molecule has 0 aliphatic rings. The summed E-state index contributed by atoms with van der Waals surface area (Å²) in [7, 11) is 1.11. The summed E-state index contributed by atoms with van der Waals surface area (Å²) in [4.78, 5) is 14.5. The second-order valence-corrected chi connectivity index (χ2v) is 2.94. The molecule has 1 rings (SSSR count). The lowest BCUT2D eigenvalue weighted by atomic mass is 10.1. The number of halogens is 3. The standard InChI is InChI=1S/C8H7ClF2N2O2/c1-15-8(14)3-2-13-6(9)4(5(3)12)7(10)11/h2,7H,1H3,(H2,12,13). The molecule has 1 heterocycles. The Kier molecular flexibility index (Phi) is 3.41. The number of nitrogens with two attached hydrogens (primary N) is 1. The largest absolute Gasteiger partial charge is 0.465 e. The van der Waals surface area contributed by atoms with E-state index in [2.05, 4.69) is 9.72 Å². The summed E-state index contributed by atoms with van der Waals surface area (Å²) in [6.07, 6.45) is -1.90. The lowest BCUT2D eigenvalue weighted by Crippen LogP contribution is -2.09. The first-order chi connectivity index (χ1) is 6.99. The Morgan fingerprint density at radius 3 is 2.73 bits per heavy atom. The second kappa shape index (κ2) is 4.39. The summed E-state index contributed by atoms with van der Waals surface area (Å²) in [5.74, 6) is -0.835. The van der Waals surface area contributed by atoms with Crippen molar-refractivity contribution < 1.29 is 18.3 Å². The third-order valence-corrected chi connectivity index (χ3v) is 2.03.